The highest BCUT2D eigenvalue weighted by atomic mass is 35.5. The summed E-state index contributed by atoms with van der Waals surface area (Å²) < 4.78 is 41.2. The average molecular weight is 1260 g/mol. The van der Waals surface area contributed by atoms with Crippen LogP contribution in [0, 0.1) is 17.8 Å². The third kappa shape index (κ3) is 17.4. The number of carbonyl (C=O) groups excluding carboxylic acids is 11. The third-order valence-electron chi connectivity index (χ3n) is 19.1. The minimum absolute atomic E-state index is 0.0383. The highest BCUT2D eigenvalue weighted by Crippen LogP contribution is 2.39. The zero-order valence-corrected chi connectivity index (χ0v) is 53.7. The van der Waals surface area contributed by atoms with E-state index in [4.69, 9.17) is 11.6 Å². The summed E-state index contributed by atoms with van der Waals surface area (Å²) in [5.74, 6) is -7.39. The quantitative estimate of drug-likeness (QED) is 0.286. The lowest BCUT2D eigenvalue weighted by molar-refractivity contribution is -0.152. The van der Waals surface area contributed by atoms with Gasteiger partial charge in [0.1, 0.15) is 41.8 Å². The van der Waals surface area contributed by atoms with Crippen LogP contribution < -0.4 is 21.3 Å². The Kier molecular flexibility index (Phi) is 24.7. The first-order chi connectivity index (χ1) is 41.4. The van der Waals surface area contributed by atoms with Gasteiger partial charge in [0.05, 0.1) is 30.2 Å². The predicted molar refractivity (Wildman–Crippen MR) is 321 cm³/mol. The van der Waals surface area contributed by atoms with Crippen LogP contribution in [0.3, 0.4) is 0 Å². The van der Waals surface area contributed by atoms with E-state index in [0.29, 0.717) is 37.7 Å². The number of hydrogen-bond acceptors (Lipinski definition) is 11. The fourth-order valence-corrected chi connectivity index (χ4v) is 13.3. The molecule has 1 aromatic rings. The van der Waals surface area contributed by atoms with Crippen molar-refractivity contribution < 1.29 is 65.9 Å². The van der Waals surface area contributed by atoms with Gasteiger partial charge in [0.15, 0.2) is 0 Å². The van der Waals surface area contributed by atoms with Crippen molar-refractivity contribution in [3.63, 3.8) is 0 Å². The Morgan fingerprint density at radius 2 is 1.28 bits per heavy atom. The van der Waals surface area contributed by atoms with E-state index < -0.39 is 155 Å². The largest absolute Gasteiger partial charge is 0.417 e. The number of carbonyl (C=O) groups is 11. The Morgan fingerprint density at radius 1 is 0.659 bits per heavy atom. The maximum Gasteiger partial charge on any atom is 0.417 e. The molecule has 0 bridgehead atoms. The number of benzene rings is 1. The van der Waals surface area contributed by atoms with Crippen molar-refractivity contribution in [1.29, 1.82) is 0 Å². The second-order valence-corrected chi connectivity index (χ2v) is 26.0. The van der Waals surface area contributed by atoms with Crippen LogP contribution in [-0.4, -0.2) is 216 Å². The number of rotatable bonds is 8. The molecular formula is C62H93ClF3N11O11. The molecule has 22 nitrogen and oxygen atoms in total. The molecule has 2 saturated heterocycles. The Morgan fingerprint density at radius 3 is 1.89 bits per heavy atom. The van der Waals surface area contributed by atoms with E-state index in [0.717, 1.165) is 71.8 Å². The summed E-state index contributed by atoms with van der Waals surface area (Å²) in [6, 6.07) is -4.44. The van der Waals surface area contributed by atoms with E-state index in [1.165, 1.54) is 74.9 Å². The molecule has 4 N–H and O–H groups in total. The summed E-state index contributed by atoms with van der Waals surface area (Å²) in [7, 11) is 8.53. The smallest absolute Gasteiger partial charge is 0.351 e. The lowest BCUT2D eigenvalue weighted by Crippen LogP contribution is -2.68. The molecule has 2 heterocycles. The molecule has 1 unspecified atom stereocenters. The van der Waals surface area contributed by atoms with Gasteiger partial charge in [0, 0.05) is 61.3 Å². The normalized spacial score (nSPS) is 27.5. The van der Waals surface area contributed by atoms with E-state index in [-0.39, 0.29) is 63.3 Å². The van der Waals surface area contributed by atoms with Crippen molar-refractivity contribution in [2.45, 2.75) is 204 Å². The molecule has 6 rings (SSSR count). The third-order valence-corrected chi connectivity index (χ3v) is 19.4. The molecule has 8 atom stereocenters. The lowest BCUT2D eigenvalue weighted by atomic mass is 9.74. The molecule has 1 spiro atoms. The number of nitrogens with one attached hydrogen (secondary N) is 4. The minimum Gasteiger partial charge on any atom is -0.351 e. The van der Waals surface area contributed by atoms with E-state index in [1.54, 1.807) is 13.8 Å². The van der Waals surface area contributed by atoms with Gasteiger partial charge < -0.3 is 55.6 Å². The van der Waals surface area contributed by atoms with Gasteiger partial charge in [-0.05, 0) is 114 Å². The van der Waals surface area contributed by atoms with Crippen molar-refractivity contribution in [1.82, 2.24) is 55.6 Å². The average Bonchev–Trinajstić information content (AvgIpc) is 3.57. The van der Waals surface area contributed by atoms with Gasteiger partial charge >= 0.3 is 6.18 Å². The summed E-state index contributed by atoms with van der Waals surface area (Å²) in [4.78, 5) is 167. The fourth-order valence-electron chi connectivity index (χ4n) is 13.0. The van der Waals surface area contributed by atoms with Crippen LogP contribution in [0.1, 0.15) is 154 Å². The van der Waals surface area contributed by atoms with Gasteiger partial charge in [0.2, 0.25) is 65.0 Å². The number of amides is 11. The number of halogens is 4. The molecule has 2 aliphatic heterocycles. The van der Waals surface area contributed by atoms with Gasteiger partial charge in [-0.25, -0.2) is 0 Å². The number of nitrogens with zero attached hydrogens (tertiary/aromatic N) is 7. The number of alkyl halides is 3. The van der Waals surface area contributed by atoms with Crippen LogP contribution >= 0.6 is 11.6 Å². The maximum atomic E-state index is 14.9. The summed E-state index contributed by atoms with van der Waals surface area (Å²) >= 11 is 6.10. The van der Waals surface area contributed by atoms with Crippen LogP contribution in [0.4, 0.5) is 13.2 Å². The minimum atomic E-state index is -4.74. The summed E-state index contributed by atoms with van der Waals surface area (Å²) in [5, 5.41) is 10.9. The zero-order valence-electron chi connectivity index (χ0n) is 52.9. The number of fused-ring (bicyclic) bond motifs is 1. The number of hydrogen-bond donors (Lipinski definition) is 4. The summed E-state index contributed by atoms with van der Waals surface area (Å²) in [5.41, 5.74) is -2.19. The second kappa shape index (κ2) is 30.8. The zero-order chi connectivity index (χ0) is 65.1. The first kappa shape index (κ1) is 70.6. The summed E-state index contributed by atoms with van der Waals surface area (Å²) in [6.07, 6.45) is 4.33. The van der Waals surface area contributed by atoms with Gasteiger partial charge in [-0.3, -0.25) is 52.7 Å². The van der Waals surface area contributed by atoms with Crippen molar-refractivity contribution in [2.24, 2.45) is 17.8 Å². The van der Waals surface area contributed by atoms with Crippen molar-refractivity contribution in [2.75, 3.05) is 68.5 Å². The van der Waals surface area contributed by atoms with Crippen molar-refractivity contribution in [3.05, 3.63) is 34.3 Å². The van der Waals surface area contributed by atoms with Gasteiger partial charge in [-0.2, -0.15) is 13.2 Å². The Labute approximate surface area is 520 Å². The molecule has 0 radical (unpaired) electrons. The highest BCUT2D eigenvalue weighted by molar-refractivity contribution is 6.31. The van der Waals surface area contributed by atoms with E-state index in [2.05, 4.69) is 21.3 Å². The Bertz CT molecular complexity index is 2740. The molecule has 88 heavy (non-hydrogen) atoms. The summed E-state index contributed by atoms with van der Waals surface area (Å²) in [6.45, 7) is 5.19. The molecular weight excluding hydrogens is 1170 g/mol. The first-order valence-corrected chi connectivity index (χ1v) is 31.7. The van der Waals surface area contributed by atoms with E-state index in [9.17, 15) is 65.9 Å². The van der Waals surface area contributed by atoms with Crippen LogP contribution in [0.2, 0.25) is 5.02 Å². The van der Waals surface area contributed by atoms with Gasteiger partial charge in [0.25, 0.3) is 0 Å². The van der Waals surface area contributed by atoms with Gasteiger partial charge in [-0.15, -0.1) is 0 Å². The van der Waals surface area contributed by atoms with E-state index in [1.807, 2.05) is 6.92 Å². The number of likely N-dealkylation sites (N-methyl/N-ethyl adjacent to an activating group) is 6. The first-order valence-electron chi connectivity index (χ1n) is 31.3. The second-order valence-electron chi connectivity index (χ2n) is 25.6. The molecule has 3 aliphatic carbocycles. The van der Waals surface area contributed by atoms with Crippen LogP contribution in [-0.2, 0) is 65.3 Å². The predicted octanol–water partition coefficient (Wildman–Crippen LogP) is 4.28. The molecule has 11 amide bonds. The molecule has 490 valence electrons. The Balaban J connectivity index is 1.33. The van der Waals surface area contributed by atoms with E-state index >= 15 is 0 Å². The molecule has 5 aliphatic rings. The monoisotopic (exact) mass is 1260 g/mol. The highest BCUT2D eigenvalue weighted by Gasteiger charge is 2.52. The van der Waals surface area contributed by atoms with Gasteiger partial charge in [-0.1, -0.05) is 82.9 Å². The Hall–Kier alpha value is -6.53. The molecule has 26 heteroatoms. The topological polar surface area (TPSA) is 259 Å². The standard InChI is InChI=1S/C62H93ClF3N11O11/c1-11-37(2)52-59(87)73(7)35-50(80)71(5)36-51(81)75(9)47(33-40-19-13-12-14-20-40)58(86)72(6)34-48(78)68-45(27-25-41-24-26-43(44(63)32-41)62(64,65)66)57(85)77-30-17-23-46(77)55(83)70-61(28-18-29-61)60(88)76(10)53(42-21-15-16-22-42)56(84)67-38(3)31-49(79)74(8)39(4)54(82)69-52/h24,26,32,37-40,42,45-47,52-53H,11-23,25,27-31,33-36H2,1-10H3,(H,67,84)(H,68,78)(H,69,82)(H,70,83)/t37-,38+,39-,45-,46?,47-,52-,53-/m0/s1. The molecule has 5 fully saturated rings. The lowest BCUT2D eigenvalue weighted by Gasteiger charge is -2.46. The molecule has 1 aromatic carbocycles. The van der Waals surface area contributed by atoms with Crippen molar-refractivity contribution >= 4 is 76.6 Å². The van der Waals surface area contributed by atoms with Crippen LogP contribution in [0.5, 0.6) is 0 Å². The molecule has 0 aromatic heterocycles. The SMILES string of the molecule is CC[C@H](C)[C@@H]1NC(=O)[C@H](C)N(C)C(=O)C[C@@H](C)NC(=O)[C@H](C2CCCC2)N(C)C(=O)C2(CCC2)NC(=O)C2CCCN2C(=O)[C@H](CCc2ccc(C(F)(F)F)c(Cl)c2)NC(=O)CN(C)C(=O)[C@H](CC2CCCCC2)N(C)C(=O)CN(C)C(=O)CN(C)C1=O. The fraction of sp³-hybridized carbons (Fsp3) is 0.726. The van der Waals surface area contributed by atoms with Crippen LogP contribution in [0.25, 0.3) is 0 Å². The van der Waals surface area contributed by atoms with Crippen molar-refractivity contribution in [3.8, 4) is 0 Å². The number of aryl methyl sites for hydroxylation is 1. The molecule has 3 saturated carbocycles. The van der Waals surface area contributed by atoms with Crippen LogP contribution in [0.15, 0.2) is 18.2 Å². The maximum absolute atomic E-state index is 14.9.